The van der Waals surface area contributed by atoms with Gasteiger partial charge in [0, 0.05) is 6.04 Å². The van der Waals surface area contributed by atoms with E-state index in [2.05, 4.69) is 5.32 Å². The van der Waals surface area contributed by atoms with Gasteiger partial charge in [-0.15, -0.1) is 0 Å². The molecule has 4 heteroatoms. The molecule has 2 aromatic carbocycles. The van der Waals surface area contributed by atoms with E-state index in [-0.39, 0.29) is 0 Å². The summed E-state index contributed by atoms with van der Waals surface area (Å²) in [5.74, 6) is -1.20. The number of carboxylic acids is 1. The Kier molecular flexibility index (Phi) is 6.13. The summed E-state index contributed by atoms with van der Waals surface area (Å²) in [7, 11) is 0. The number of carboxylic acid groups (broad SMARTS) is 1. The fraction of sp³-hybridized carbons (Fsp3) is 0.278. The number of hydrogen-bond acceptors (Lipinski definition) is 3. The average Bonchev–Trinajstić information content (AvgIpc) is 2.55. The molecule has 0 heterocycles. The van der Waals surface area contributed by atoms with E-state index in [1.807, 2.05) is 60.7 Å². The number of nitrogens with one attached hydrogen (secondary N) is 1. The van der Waals surface area contributed by atoms with Crippen molar-refractivity contribution in [3.05, 3.63) is 71.8 Å². The minimum absolute atomic E-state index is 0.475. The van der Waals surface area contributed by atoms with Gasteiger partial charge in [-0.25, -0.2) is 4.79 Å². The Morgan fingerprint density at radius 3 is 2.05 bits per heavy atom. The molecule has 0 bridgehead atoms. The third-order valence-corrected chi connectivity index (χ3v) is 3.60. The largest absolute Gasteiger partial charge is 0.479 e. The molecule has 2 atom stereocenters. The maximum atomic E-state index is 11.1. The van der Waals surface area contributed by atoms with Crippen molar-refractivity contribution in [2.75, 3.05) is 6.54 Å². The highest BCUT2D eigenvalue weighted by atomic mass is 16.4. The molecule has 0 spiro atoms. The van der Waals surface area contributed by atoms with Gasteiger partial charge in [-0.3, -0.25) is 0 Å². The third-order valence-electron chi connectivity index (χ3n) is 3.60. The normalized spacial score (nSPS) is 13.5. The second kappa shape index (κ2) is 8.32. The lowest BCUT2D eigenvalue weighted by Gasteiger charge is -2.21. The van der Waals surface area contributed by atoms with E-state index < -0.39 is 18.1 Å². The average molecular weight is 299 g/mol. The molecule has 0 aliphatic heterocycles. The lowest BCUT2D eigenvalue weighted by molar-refractivity contribution is -0.148. The number of rotatable bonds is 8. The Hall–Kier alpha value is -2.17. The highest BCUT2D eigenvalue weighted by Crippen LogP contribution is 2.07. The van der Waals surface area contributed by atoms with Gasteiger partial charge in [-0.05, 0) is 30.5 Å². The molecule has 0 radical (unpaired) electrons. The van der Waals surface area contributed by atoms with E-state index in [4.69, 9.17) is 5.11 Å². The summed E-state index contributed by atoms with van der Waals surface area (Å²) < 4.78 is 0. The van der Waals surface area contributed by atoms with Crippen molar-refractivity contribution >= 4 is 5.97 Å². The fourth-order valence-corrected chi connectivity index (χ4v) is 2.38. The smallest absolute Gasteiger partial charge is 0.334 e. The fourth-order valence-electron chi connectivity index (χ4n) is 2.38. The quantitative estimate of drug-likeness (QED) is 0.696. The van der Waals surface area contributed by atoms with Crippen LogP contribution >= 0.6 is 0 Å². The first-order chi connectivity index (χ1) is 10.7. The maximum absolute atomic E-state index is 11.1. The Labute approximate surface area is 130 Å². The van der Waals surface area contributed by atoms with Crippen molar-refractivity contribution in [2.24, 2.45) is 0 Å². The van der Waals surface area contributed by atoms with E-state index in [0.29, 0.717) is 13.0 Å². The number of aliphatic hydroxyl groups is 1. The van der Waals surface area contributed by atoms with Crippen LogP contribution in [0.2, 0.25) is 0 Å². The third kappa shape index (κ3) is 4.98. The summed E-state index contributed by atoms with van der Waals surface area (Å²) in [5, 5.41) is 22.1. The second-order valence-electron chi connectivity index (χ2n) is 5.27. The van der Waals surface area contributed by atoms with Gasteiger partial charge in [0.15, 0.2) is 6.10 Å². The highest BCUT2D eigenvalue weighted by Gasteiger charge is 2.25. The van der Waals surface area contributed by atoms with E-state index in [0.717, 1.165) is 12.0 Å². The molecule has 0 aliphatic carbocycles. The summed E-state index contributed by atoms with van der Waals surface area (Å²) in [5.41, 5.74) is 2.18. The van der Waals surface area contributed by atoms with Crippen molar-refractivity contribution in [2.45, 2.75) is 25.0 Å². The van der Waals surface area contributed by atoms with Gasteiger partial charge in [0.1, 0.15) is 0 Å². The predicted octanol–water partition coefficient (Wildman–Crippen LogP) is 1.88. The van der Waals surface area contributed by atoms with Crippen molar-refractivity contribution < 1.29 is 15.0 Å². The SMILES string of the molecule is O=C(O)[C@@H](O)[C@@H](Cc1ccccc1)NCCc1ccccc1. The monoisotopic (exact) mass is 299 g/mol. The summed E-state index contributed by atoms with van der Waals surface area (Å²) in [4.78, 5) is 11.1. The number of hydrogen-bond donors (Lipinski definition) is 3. The van der Waals surface area contributed by atoms with Gasteiger partial charge in [-0.2, -0.15) is 0 Å². The van der Waals surface area contributed by atoms with E-state index in [1.54, 1.807) is 0 Å². The molecule has 2 aromatic rings. The van der Waals surface area contributed by atoms with E-state index >= 15 is 0 Å². The van der Waals surface area contributed by atoms with Gasteiger partial charge < -0.3 is 15.5 Å². The zero-order valence-corrected chi connectivity index (χ0v) is 12.4. The van der Waals surface area contributed by atoms with Crippen LogP contribution in [0.1, 0.15) is 11.1 Å². The summed E-state index contributed by atoms with van der Waals surface area (Å²) >= 11 is 0. The van der Waals surface area contributed by atoms with Gasteiger partial charge in [-0.1, -0.05) is 60.7 Å². The lowest BCUT2D eigenvalue weighted by atomic mass is 10.0. The molecule has 0 unspecified atom stereocenters. The topological polar surface area (TPSA) is 69.6 Å². The molecule has 3 N–H and O–H groups in total. The van der Waals surface area contributed by atoms with Crippen molar-refractivity contribution in [1.82, 2.24) is 5.32 Å². The molecule has 0 amide bonds. The molecule has 116 valence electrons. The van der Waals surface area contributed by atoms with Crippen LogP contribution in [0.5, 0.6) is 0 Å². The lowest BCUT2D eigenvalue weighted by Crippen LogP contribution is -2.46. The van der Waals surface area contributed by atoms with Crippen LogP contribution in [0.15, 0.2) is 60.7 Å². The first-order valence-corrected chi connectivity index (χ1v) is 7.39. The van der Waals surface area contributed by atoms with Crippen LogP contribution in [-0.2, 0) is 17.6 Å². The minimum Gasteiger partial charge on any atom is -0.479 e. The molecule has 0 saturated carbocycles. The van der Waals surface area contributed by atoms with Crippen LogP contribution in [0, 0.1) is 0 Å². The number of aliphatic carboxylic acids is 1. The molecule has 4 nitrogen and oxygen atoms in total. The Balaban J connectivity index is 1.94. The second-order valence-corrected chi connectivity index (χ2v) is 5.27. The summed E-state index contributed by atoms with van der Waals surface area (Å²) in [6.07, 6.45) is -0.155. The molecule has 22 heavy (non-hydrogen) atoms. The zero-order chi connectivity index (χ0) is 15.8. The molecular weight excluding hydrogens is 278 g/mol. The Bertz CT molecular complexity index is 571. The van der Waals surface area contributed by atoms with Crippen LogP contribution in [0.4, 0.5) is 0 Å². The maximum Gasteiger partial charge on any atom is 0.334 e. The predicted molar refractivity (Wildman–Crippen MR) is 85.7 cm³/mol. The number of carbonyl (C=O) groups is 1. The van der Waals surface area contributed by atoms with Crippen molar-refractivity contribution in [3.63, 3.8) is 0 Å². The molecule has 0 fully saturated rings. The molecule has 0 aromatic heterocycles. The van der Waals surface area contributed by atoms with Gasteiger partial charge in [0.05, 0.1) is 0 Å². The molecule has 0 aliphatic rings. The number of aliphatic hydroxyl groups excluding tert-OH is 1. The minimum atomic E-state index is -1.42. The first kappa shape index (κ1) is 16.2. The Morgan fingerprint density at radius 2 is 1.50 bits per heavy atom. The van der Waals surface area contributed by atoms with Crippen molar-refractivity contribution in [3.8, 4) is 0 Å². The van der Waals surface area contributed by atoms with E-state index in [1.165, 1.54) is 5.56 Å². The molecule has 0 saturated heterocycles. The number of benzene rings is 2. The highest BCUT2D eigenvalue weighted by molar-refractivity contribution is 5.73. The summed E-state index contributed by atoms with van der Waals surface area (Å²) in [6, 6.07) is 19.0. The van der Waals surface area contributed by atoms with Gasteiger partial charge in [0.2, 0.25) is 0 Å². The van der Waals surface area contributed by atoms with Crippen LogP contribution in [0.25, 0.3) is 0 Å². The van der Waals surface area contributed by atoms with Crippen LogP contribution in [0.3, 0.4) is 0 Å². The molecular formula is C18H21NO3. The zero-order valence-electron chi connectivity index (χ0n) is 12.4. The Morgan fingerprint density at radius 1 is 0.955 bits per heavy atom. The van der Waals surface area contributed by atoms with Gasteiger partial charge >= 0.3 is 5.97 Å². The summed E-state index contributed by atoms with van der Waals surface area (Å²) in [6.45, 7) is 0.617. The van der Waals surface area contributed by atoms with E-state index in [9.17, 15) is 9.90 Å². The first-order valence-electron chi connectivity index (χ1n) is 7.39. The standard InChI is InChI=1S/C18H21NO3/c20-17(18(21)22)16(13-15-9-5-2-6-10-15)19-12-11-14-7-3-1-4-8-14/h1-10,16-17,19-20H,11-13H2,(H,21,22)/t16-,17+/m1/s1. The molecule has 2 rings (SSSR count). The van der Waals surface area contributed by atoms with Crippen LogP contribution < -0.4 is 5.32 Å². The van der Waals surface area contributed by atoms with Gasteiger partial charge in [0.25, 0.3) is 0 Å². The van der Waals surface area contributed by atoms with Crippen molar-refractivity contribution in [1.29, 1.82) is 0 Å². The van der Waals surface area contributed by atoms with Crippen LogP contribution in [-0.4, -0.2) is 34.9 Å².